The second-order valence-corrected chi connectivity index (χ2v) is 7.90. The topological polar surface area (TPSA) is 126 Å². The fourth-order valence-electron chi connectivity index (χ4n) is 2.76. The normalized spacial score (nSPS) is 25.6. The van der Waals surface area contributed by atoms with Crippen LogP contribution < -0.4 is 10.0 Å². The first-order valence-electron chi connectivity index (χ1n) is 8.24. The van der Waals surface area contributed by atoms with Gasteiger partial charge in [-0.15, -0.1) is 0 Å². The molecule has 1 aliphatic heterocycles. The van der Waals surface area contributed by atoms with E-state index in [1.807, 2.05) is 25.7 Å². The second-order valence-electron chi connectivity index (χ2n) is 6.27. The number of imidazole rings is 1. The number of hydrogen-bond acceptors (Lipinski definition) is 8. The van der Waals surface area contributed by atoms with Gasteiger partial charge in [0.2, 0.25) is 0 Å². The first-order valence-corrected chi connectivity index (χ1v) is 10.8. The van der Waals surface area contributed by atoms with Gasteiger partial charge in [0.25, 0.3) is 0 Å². The number of ether oxygens (including phenoxy) is 1. The molecule has 0 amide bonds. The zero-order valence-electron chi connectivity index (χ0n) is 14.8. The molecule has 26 heavy (non-hydrogen) atoms. The van der Waals surface area contributed by atoms with E-state index in [-0.39, 0.29) is 21.6 Å². The average molecular weight is 428 g/mol. The molecule has 4 N–H and O–H groups in total. The van der Waals surface area contributed by atoms with Crippen molar-refractivity contribution in [3.8, 4) is 0 Å². The van der Waals surface area contributed by atoms with Crippen LogP contribution in [0.2, 0.25) is 5.82 Å². The molecule has 0 aliphatic carbocycles. The van der Waals surface area contributed by atoms with Gasteiger partial charge in [0.15, 0.2) is 0 Å². The molecule has 4 atom stereocenters. The molecular weight excluding hydrogens is 405 g/mol. The van der Waals surface area contributed by atoms with Gasteiger partial charge in [0.1, 0.15) is 0 Å². The molecule has 2 aromatic heterocycles. The molecule has 0 spiro atoms. The third-order valence-corrected chi connectivity index (χ3v) is 5.30. The summed E-state index contributed by atoms with van der Waals surface area (Å²) in [7, 11) is 0. The first kappa shape index (κ1) is 19.2. The number of aromatic nitrogens is 4. The number of nitrogens with zero attached hydrogens (tertiary/aromatic N) is 4. The molecular formula is C16H23N5O4Se. The van der Waals surface area contributed by atoms with Crippen LogP contribution in [0.4, 0.5) is 5.82 Å². The zero-order chi connectivity index (χ0) is 18.8. The van der Waals surface area contributed by atoms with Crippen molar-refractivity contribution >= 4 is 36.7 Å². The van der Waals surface area contributed by atoms with E-state index in [0.29, 0.717) is 28.2 Å². The van der Waals surface area contributed by atoms with Gasteiger partial charge in [-0.2, -0.15) is 0 Å². The van der Waals surface area contributed by atoms with Gasteiger partial charge in [-0.25, -0.2) is 0 Å². The minimum absolute atomic E-state index is 0.0680. The molecule has 2 aromatic rings. The Hall–Kier alpha value is -1.55. The van der Waals surface area contributed by atoms with Crippen molar-refractivity contribution in [2.75, 3.05) is 18.5 Å². The number of aliphatic hydroxyl groups is 3. The van der Waals surface area contributed by atoms with E-state index in [4.69, 9.17) is 4.74 Å². The summed E-state index contributed by atoms with van der Waals surface area (Å²) in [5, 5.41) is 32.8. The maximum atomic E-state index is 10.3. The van der Waals surface area contributed by atoms with Crippen molar-refractivity contribution in [2.24, 2.45) is 0 Å². The van der Waals surface area contributed by atoms with E-state index >= 15 is 0 Å². The summed E-state index contributed by atoms with van der Waals surface area (Å²) in [5.74, 6) is 2.64. The Bertz CT molecular complexity index is 807. The van der Waals surface area contributed by atoms with E-state index in [1.165, 1.54) is 11.9 Å². The summed E-state index contributed by atoms with van der Waals surface area (Å²) in [5.41, 5.74) is 2.28. The fraction of sp³-hybridized carbons (Fsp3) is 0.562. The Morgan fingerprint density at radius 2 is 2.12 bits per heavy atom. The van der Waals surface area contributed by atoms with E-state index in [1.54, 1.807) is 4.57 Å². The number of aliphatic hydroxyl groups excluding tert-OH is 3. The number of hydrogen-bond donors (Lipinski definition) is 4. The van der Waals surface area contributed by atoms with Crippen LogP contribution in [0, 0.1) is 0 Å². The van der Waals surface area contributed by atoms with Crippen LogP contribution in [0.25, 0.3) is 11.2 Å². The number of rotatable bonds is 6. The summed E-state index contributed by atoms with van der Waals surface area (Å²) in [6.45, 7) is 4.28. The van der Waals surface area contributed by atoms with Gasteiger partial charge in [-0.1, -0.05) is 0 Å². The molecule has 1 aliphatic rings. The van der Waals surface area contributed by atoms with Crippen LogP contribution in [0.3, 0.4) is 0 Å². The van der Waals surface area contributed by atoms with Crippen LogP contribution in [0.5, 0.6) is 0 Å². The Kier molecular flexibility index (Phi) is 5.91. The third kappa shape index (κ3) is 3.62. The van der Waals surface area contributed by atoms with Crippen molar-refractivity contribution in [3.05, 3.63) is 18.0 Å². The summed E-state index contributed by atoms with van der Waals surface area (Å²) in [4.78, 5) is 13.4. The molecule has 3 rings (SSSR count). The number of fused-ring (bicyclic) bond motifs is 1. The van der Waals surface area contributed by atoms with Gasteiger partial charge in [-0.05, 0) is 0 Å². The molecule has 0 saturated carbocycles. The standard InChI is InChI=1S/C16H23N5O4Se/c1-8(2)4-5-17-13-10-14(20-16(19-13)26-3)21(7-18-10)15-12(24)11(23)9(6-22)25-15/h4,7,9,11-12,15,22-24H,5-6H2,1-3H3,(H,17,19,20)/t9-,11-,12-,15-/m1/s1. The van der Waals surface area contributed by atoms with Crippen molar-refractivity contribution in [2.45, 2.75) is 44.2 Å². The van der Waals surface area contributed by atoms with Gasteiger partial charge in [0.05, 0.1) is 0 Å². The first-order chi connectivity index (χ1) is 12.5. The second kappa shape index (κ2) is 7.99. The molecule has 142 valence electrons. The molecule has 0 radical (unpaired) electrons. The maximum absolute atomic E-state index is 10.3. The molecule has 1 fully saturated rings. The van der Waals surface area contributed by atoms with Crippen LogP contribution >= 0.6 is 0 Å². The number of allylic oxidation sites excluding steroid dienone is 1. The summed E-state index contributed by atoms with van der Waals surface area (Å²) >= 11 is 0.0680. The van der Waals surface area contributed by atoms with Crippen molar-refractivity contribution in [3.63, 3.8) is 0 Å². The summed E-state index contributed by atoms with van der Waals surface area (Å²) < 4.78 is 7.88. The molecule has 3 heterocycles. The van der Waals surface area contributed by atoms with Crippen LogP contribution in [0.15, 0.2) is 18.0 Å². The Morgan fingerprint density at radius 1 is 1.35 bits per heavy atom. The number of anilines is 1. The van der Waals surface area contributed by atoms with E-state index < -0.39 is 24.5 Å². The van der Waals surface area contributed by atoms with E-state index in [0.717, 1.165) is 0 Å². The van der Waals surface area contributed by atoms with Gasteiger partial charge in [0, 0.05) is 0 Å². The summed E-state index contributed by atoms with van der Waals surface area (Å²) in [6.07, 6.45) is -0.512. The fourth-order valence-corrected chi connectivity index (χ4v) is 3.51. The predicted molar refractivity (Wildman–Crippen MR) is 97.5 cm³/mol. The van der Waals surface area contributed by atoms with Gasteiger partial charge < -0.3 is 0 Å². The SMILES string of the molecule is C[Se]c1nc(NCC=C(C)C)c2ncn([C@@H]3O[C@H](CO)[C@@H](O)[C@H]3O)c2n1. The Balaban J connectivity index is 1.99. The predicted octanol–water partition coefficient (Wildman–Crippen LogP) is -0.806. The van der Waals surface area contributed by atoms with Crippen LogP contribution in [-0.4, -0.2) is 81.3 Å². The van der Waals surface area contributed by atoms with Crippen molar-refractivity contribution < 1.29 is 20.1 Å². The van der Waals surface area contributed by atoms with Crippen molar-refractivity contribution in [1.82, 2.24) is 19.5 Å². The van der Waals surface area contributed by atoms with Crippen molar-refractivity contribution in [1.29, 1.82) is 0 Å². The zero-order valence-corrected chi connectivity index (χ0v) is 16.5. The minimum atomic E-state index is -1.18. The van der Waals surface area contributed by atoms with Crippen LogP contribution in [-0.2, 0) is 4.74 Å². The summed E-state index contributed by atoms with van der Waals surface area (Å²) in [6, 6.07) is 0. The molecule has 10 heteroatoms. The monoisotopic (exact) mass is 429 g/mol. The van der Waals surface area contributed by atoms with Gasteiger partial charge in [-0.3, -0.25) is 0 Å². The average Bonchev–Trinajstić information content (AvgIpc) is 3.16. The Morgan fingerprint density at radius 3 is 2.73 bits per heavy atom. The molecule has 9 nitrogen and oxygen atoms in total. The molecule has 0 unspecified atom stereocenters. The number of nitrogens with one attached hydrogen (secondary N) is 1. The van der Waals surface area contributed by atoms with E-state index in [9.17, 15) is 15.3 Å². The Labute approximate surface area is 157 Å². The van der Waals surface area contributed by atoms with Gasteiger partial charge >= 0.3 is 157 Å². The molecule has 0 bridgehead atoms. The third-order valence-electron chi connectivity index (χ3n) is 4.15. The molecule has 0 aromatic carbocycles. The van der Waals surface area contributed by atoms with E-state index in [2.05, 4.69) is 20.3 Å². The quantitative estimate of drug-likeness (QED) is 0.348. The van der Waals surface area contributed by atoms with Crippen LogP contribution in [0.1, 0.15) is 20.1 Å². The molecule has 1 saturated heterocycles.